The number of hydrogen-bond acceptors (Lipinski definition) is 4. The average Bonchev–Trinajstić information content (AvgIpc) is 2.97. The highest BCUT2D eigenvalue weighted by Gasteiger charge is 2.55. The van der Waals surface area contributed by atoms with E-state index in [9.17, 15) is 19.2 Å². The molecule has 0 atom stereocenters. The Morgan fingerprint density at radius 1 is 0.788 bits per heavy atom. The van der Waals surface area contributed by atoms with Crippen LogP contribution in [0.1, 0.15) is 65.7 Å². The predicted molar refractivity (Wildman–Crippen MR) is 120 cm³/mol. The number of carbonyl (C=O) groups is 4. The summed E-state index contributed by atoms with van der Waals surface area (Å²) < 4.78 is 0. The number of imide groups is 1. The smallest absolute Gasteiger partial charge is 0.262 e. The van der Waals surface area contributed by atoms with E-state index in [1.54, 1.807) is 29.2 Å². The van der Waals surface area contributed by atoms with E-state index >= 15 is 0 Å². The predicted octanol–water partition coefficient (Wildman–Crippen LogP) is 2.56. The molecule has 2 aliphatic heterocycles. The zero-order valence-electron chi connectivity index (χ0n) is 19.0. The molecule has 4 saturated carbocycles. The number of hydrogen-bond donors (Lipinski definition) is 0. The normalized spacial score (nSPS) is 32.8. The number of fused-ring (bicyclic) bond motifs is 1. The second kappa shape index (κ2) is 7.67. The van der Waals surface area contributed by atoms with E-state index in [2.05, 4.69) is 0 Å². The topological polar surface area (TPSA) is 78.0 Å². The van der Waals surface area contributed by atoms with Gasteiger partial charge in [-0.25, -0.2) is 0 Å². The molecule has 0 aromatic heterocycles. The Balaban J connectivity index is 1.10. The van der Waals surface area contributed by atoms with Gasteiger partial charge in [0.1, 0.15) is 6.54 Å². The lowest BCUT2D eigenvalue weighted by molar-refractivity contribution is -0.157. The lowest BCUT2D eigenvalue weighted by atomic mass is 9.49. The minimum Gasteiger partial charge on any atom is -0.340 e. The maximum atomic E-state index is 13.7. The minimum atomic E-state index is -0.405. The molecular formula is C26H31N3O4. The molecule has 6 aliphatic rings. The molecule has 174 valence electrons. The largest absolute Gasteiger partial charge is 0.340 e. The van der Waals surface area contributed by atoms with Crippen molar-refractivity contribution in [3.05, 3.63) is 35.4 Å². The number of benzene rings is 1. The van der Waals surface area contributed by atoms with Crippen molar-refractivity contribution in [3.63, 3.8) is 0 Å². The van der Waals surface area contributed by atoms with E-state index in [1.165, 1.54) is 19.3 Å². The third-order valence-corrected chi connectivity index (χ3v) is 8.80. The Morgan fingerprint density at radius 3 is 1.88 bits per heavy atom. The van der Waals surface area contributed by atoms with Gasteiger partial charge in [0.2, 0.25) is 11.8 Å². The standard InChI is InChI=1S/C26H31N3O4/c30-22(16-29-23(31)20-4-1-2-5-21(20)24(29)32)27-6-3-7-28(9-8-27)25(33)26-13-17-10-18(14-26)12-19(11-17)15-26/h1-2,4-5,17-19H,3,6-16H2. The summed E-state index contributed by atoms with van der Waals surface area (Å²) in [5, 5.41) is 0. The van der Waals surface area contributed by atoms with Gasteiger partial charge in [-0.15, -0.1) is 0 Å². The molecule has 0 spiro atoms. The summed E-state index contributed by atoms with van der Waals surface area (Å²) in [6.07, 6.45) is 7.82. The molecule has 7 nitrogen and oxygen atoms in total. The molecule has 0 unspecified atom stereocenters. The van der Waals surface area contributed by atoms with Gasteiger partial charge < -0.3 is 9.80 Å². The van der Waals surface area contributed by atoms with Gasteiger partial charge in [-0.05, 0) is 74.8 Å². The fourth-order valence-electron chi connectivity index (χ4n) is 7.70. The van der Waals surface area contributed by atoms with E-state index in [4.69, 9.17) is 0 Å². The lowest BCUT2D eigenvalue weighted by Gasteiger charge is -2.56. The first-order valence-electron chi connectivity index (χ1n) is 12.5. The summed E-state index contributed by atoms with van der Waals surface area (Å²) in [7, 11) is 0. The second-order valence-electron chi connectivity index (χ2n) is 11.0. The van der Waals surface area contributed by atoms with Crippen molar-refractivity contribution in [1.82, 2.24) is 14.7 Å². The van der Waals surface area contributed by atoms with Crippen molar-refractivity contribution in [1.29, 1.82) is 0 Å². The van der Waals surface area contributed by atoms with Gasteiger partial charge in [0.25, 0.3) is 11.8 Å². The molecule has 4 bridgehead atoms. The summed E-state index contributed by atoms with van der Waals surface area (Å²) >= 11 is 0. The van der Waals surface area contributed by atoms with Crippen LogP contribution < -0.4 is 0 Å². The first-order chi connectivity index (χ1) is 15.9. The molecule has 4 aliphatic carbocycles. The van der Waals surface area contributed by atoms with Crippen LogP contribution in [0.2, 0.25) is 0 Å². The van der Waals surface area contributed by atoms with Crippen LogP contribution in [0.25, 0.3) is 0 Å². The Hall–Kier alpha value is -2.70. The van der Waals surface area contributed by atoms with Gasteiger partial charge in [-0.3, -0.25) is 24.1 Å². The molecule has 5 fully saturated rings. The minimum absolute atomic E-state index is 0.159. The van der Waals surface area contributed by atoms with Crippen molar-refractivity contribution in [3.8, 4) is 0 Å². The molecule has 1 aromatic carbocycles. The van der Waals surface area contributed by atoms with Crippen LogP contribution in [0.15, 0.2) is 24.3 Å². The van der Waals surface area contributed by atoms with Crippen LogP contribution in [0, 0.1) is 23.2 Å². The molecule has 33 heavy (non-hydrogen) atoms. The van der Waals surface area contributed by atoms with Crippen LogP contribution in [0.5, 0.6) is 0 Å². The highest BCUT2D eigenvalue weighted by atomic mass is 16.2. The zero-order chi connectivity index (χ0) is 22.7. The number of carbonyl (C=O) groups excluding carboxylic acids is 4. The van der Waals surface area contributed by atoms with Gasteiger partial charge in [-0.2, -0.15) is 0 Å². The Morgan fingerprint density at radius 2 is 1.30 bits per heavy atom. The van der Waals surface area contributed by atoms with Crippen molar-refractivity contribution in [2.75, 3.05) is 32.7 Å². The molecule has 7 heteroatoms. The van der Waals surface area contributed by atoms with Crippen LogP contribution in [-0.2, 0) is 9.59 Å². The van der Waals surface area contributed by atoms with Gasteiger partial charge >= 0.3 is 0 Å². The molecule has 0 N–H and O–H groups in total. The summed E-state index contributed by atoms with van der Waals surface area (Å²) in [6, 6.07) is 6.69. The Labute approximate surface area is 194 Å². The first kappa shape index (κ1) is 20.9. The van der Waals surface area contributed by atoms with E-state index in [-0.39, 0.29) is 17.9 Å². The van der Waals surface area contributed by atoms with Crippen LogP contribution in [0.3, 0.4) is 0 Å². The third kappa shape index (κ3) is 3.39. The van der Waals surface area contributed by atoms with Crippen LogP contribution in [0.4, 0.5) is 0 Å². The molecule has 7 rings (SSSR count). The quantitative estimate of drug-likeness (QED) is 0.665. The highest BCUT2D eigenvalue weighted by molar-refractivity contribution is 6.22. The number of nitrogens with zero attached hydrogens (tertiary/aromatic N) is 3. The van der Waals surface area contributed by atoms with Gasteiger partial charge in [-0.1, -0.05) is 12.1 Å². The maximum Gasteiger partial charge on any atom is 0.262 e. The van der Waals surface area contributed by atoms with E-state index in [1.807, 2.05) is 4.90 Å². The van der Waals surface area contributed by atoms with E-state index in [0.717, 1.165) is 48.3 Å². The maximum absolute atomic E-state index is 13.7. The second-order valence-corrected chi connectivity index (χ2v) is 11.0. The van der Waals surface area contributed by atoms with Crippen molar-refractivity contribution in [2.45, 2.75) is 44.9 Å². The molecular weight excluding hydrogens is 418 g/mol. The molecule has 1 saturated heterocycles. The number of rotatable bonds is 3. The van der Waals surface area contributed by atoms with E-state index < -0.39 is 11.8 Å². The average molecular weight is 450 g/mol. The van der Waals surface area contributed by atoms with Gasteiger partial charge in [0.15, 0.2) is 0 Å². The Bertz CT molecular complexity index is 964. The summed E-state index contributed by atoms with van der Waals surface area (Å²) in [5.74, 6) is 1.46. The fourth-order valence-corrected chi connectivity index (χ4v) is 7.70. The van der Waals surface area contributed by atoms with Gasteiger partial charge in [0.05, 0.1) is 16.5 Å². The lowest BCUT2D eigenvalue weighted by Crippen LogP contribution is -2.55. The SMILES string of the molecule is O=C(CN1C(=O)c2ccccc2C1=O)N1CCCN(C(=O)C23CC4CC(CC(C4)C2)C3)CC1. The summed E-state index contributed by atoms with van der Waals surface area (Å²) in [6.45, 7) is 1.98. The summed E-state index contributed by atoms with van der Waals surface area (Å²) in [4.78, 5) is 56.7. The van der Waals surface area contributed by atoms with Crippen LogP contribution in [-0.4, -0.2) is 71.1 Å². The molecule has 1 aromatic rings. The van der Waals surface area contributed by atoms with Gasteiger partial charge in [0, 0.05) is 26.2 Å². The molecule has 0 radical (unpaired) electrons. The van der Waals surface area contributed by atoms with E-state index in [0.29, 0.717) is 43.2 Å². The van der Waals surface area contributed by atoms with Crippen molar-refractivity contribution < 1.29 is 19.2 Å². The van der Waals surface area contributed by atoms with Crippen molar-refractivity contribution >= 4 is 23.6 Å². The highest BCUT2D eigenvalue weighted by Crippen LogP contribution is 2.60. The Kier molecular flexibility index (Phi) is 4.85. The fraction of sp³-hybridized carbons (Fsp3) is 0.615. The monoisotopic (exact) mass is 449 g/mol. The first-order valence-corrected chi connectivity index (χ1v) is 12.5. The van der Waals surface area contributed by atoms with Crippen molar-refractivity contribution in [2.24, 2.45) is 23.2 Å². The summed E-state index contributed by atoms with van der Waals surface area (Å²) in [5.41, 5.74) is 0.561. The zero-order valence-corrected chi connectivity index (χ0v) is 19.0. The molecule has 4 amide bonds. The number of amides is 4. The van der Waals surface area contributed by atoms with Crippen LogP contribution >= 0.6 is 0 Å². The third-order valence-electron chi connectivity index (χ3n) is 8.80. The molecule has 2 heterocycles.